The van der Waals surface area contributed by atoms with Crippen LogP contribution in [0.3, 0.4) is 0 Å². The van der Waals surface area contributed by atoms with Crippen molar-refractivity contribution in [3.63, 3.8) is 0 Å². The average molecular weight is 295 g/mol. The average Bonchev–Trinajstić information content (AvgIpc) is 2.93. The van der Waals surface area contributed by atoms with E-state index in [2.05, 4.69) is 48.8 Å². The van der Waals surface area contributed by atoms with Gasteiger partial charge in [0.15, 0.2) is 0 Å². The summed E-state index contributed by atoms with van der Waals surface area (Å²) >= 11 is 3.44. The molecule has 19 heavy (non-hydrogen) atoms. The van der Waals surface area contributed by atoms with E-state index in [9.17, 15) is 0 Å². The molecule has 0 saturated carbocycles. The van der Waals surface area contributed by atoms with Crippen molar-refractivity contribution in [2.24, 2.45) is 0 Å². The maximum atomic E-state index is 4.69. The van der Waals surface area contributed by atoms with E-state index in [-0.39, 0.29) is 11.5 Å². The van der Waals surface area contributed by atoms with Crippen molar-refractivity contribution in [2.75, 3.05) is 0 Å². The van der Waals surface area contributed by atoms with E-state index in [0.717, 1.165) is 22.3 Å². The Balaban J connectivity index is 1.94. The van der Waals surface area contributed by atoms with E-state index in [1.807, 2.05) is 6.92 Å². The highest BCUT2D eigenvalue weighted by atomic mass is 32.1. The van der Waals surface area contributed by atoms with Gasteiger partial charge in [0.25, 0.3) is 0 Å². The Hall–Kier alpha value is -0.780. The third kappa shape index (κ3) is 3.84. The molecule has 0 aliphatic carbocycles. The fourth-order valence-corrected chi connectivity index (χ4v) is 3.44. The lowest BCUT2D eigenvalue weighted by Gasteiger charge is -2.14. The number of aryl methyl sites for hydroxylation is 1. The zero-order valence-corrected chi connectivity index (χ0v) is 13.8. The Morgan fingerprint density at radius 3 is 2.47 bits per heavy atom. The molecule has 0 aliphatic rings. The number of nitrogens with zero attached hydrogens (tertiary/aromatic N) is 2. The lowest BCUT2D eigenvalue weighted by Crippen LogP contribution is -2.18. The normalized spacial score (nSPS) is 13.7. The molecule has 1 N–H and O–H groups in total. The second-order valence-corrected chi connectivity index (χ2v) is 7.64. The molecule has 2 aromatic heterocycles. The number of rotatable bonds is 4. The van der Waals surface area contributed by atoms with Gasteiger partial charge >= 0.3 is 0 Å². The minimum Gasteiger partial charge on any atom is -0.302 e. The molecule has 0 spiro atoms. The summed E-state index contributed by atoms with van der Waals surface area (Å²) < 4.78 is 0. The van der Waals surface area contributed by atoms with Gasteiger partial charge in [0.2, 0.25) is 0 Å². The largest absolute Gasteiger partial charge is 0.302 e. The predicted octanol–water partition coefficient (Wildman–Crippen LogP) is 4.06. The first-order valence-corrected chi connectivity index (χ1v) is 8.22. The van der Waals surface area contributed by atoms with Crippen LogP contribution in [0, 0.1) is 6.92 Å². The third-order valence-electron chi connectivity index (χ3n) is 2.89. The van der Waals surface area contributed by atoms with Crippen molar-refractivity contribution in [1.29, 1.82) is 0 Å². The van der Waals surface area contributed by atoms with E-state index in [0.29, 0.717) is 0 Å². The number of hydrogen-bond acceptors (Lipinski definition) is 5. The van der Waals surface area contributed by atoms with Crippen LogP contribution >= 0.6 is 22.7 Å². The van der Waals surface area contributed by atoms with Crippen molar-refractivity contribution in [3.05, 3.63) is 32.2 Å². The van der Waals surface area contributed by atoms with Crippen LogP contribution in [-0.2, 0) is 12.0 Å². The Morgan fingerprint density at radius 2 is 1.95 bits per heavy atom. The van der Waals surface area contributed by atoms with Crippen LogP contribution in [0.1, 0.15) is 55.1 Å². The van der Waals surface area contributed by atoms with Gasteiger partial charge in [-0.2, -0.15) is 0 Å². The van der Waals surface area contributed by atoms with Gasteiger partial charge in [-0.25, -0.2) is 9.97 Å². The molecule has 0 aromatic carbocycles. The first-order chi connectivity index (χ1) is 8.86. The molecular formula is C14H21N3S2. The smallest absolute Gasteiger partial charge is 0.110 e. The van der Waals surface area contributed by atoms with Gasteiger partial charge in [-0.1, -0.05) is 20.8 Å². The summed E-state index contributed by atoms with van der Waals surface area (Å²) in [6, 6.07) is 0.278. The van der Waals surface area contributed by atoms with Gasteiger partial charge < -0.3 is 5.32 Å². The summed E-state index contributed by atoms with van der Waals surface area (Å²) in [6.45, 7) is 11.6. The maximum absolute atomic E-state index is 4.69. The topological polar surface area (TPSA) is 37.8 Å². The second-order valence-electron chi connectivity index (χ2n) is 5.81. The molecule has 2 rings (SSSR count). The minimum atomic E-state index is 0.132. The van der Waals surface area contributed by atoms with Crippen LogP contribution in [0.15, 0.2) is 10.8 Å². The molecule has 0 fully saturated rings. The van der Waals surface area contributed by atoms with Crippen LogP contribution in [0.5, 0.6) is 0 Å². The van der Waals surface area contributed by atoms with E-state index in [1.54, 1.807) is 22.7 Å². The predicted molar refractivity (Wildman–Crippen MR) is 82.9 cm³/mol. The first kappa shape index (κ1) is 14.6. The summed E-state index contributed by atoms with van der Waals surface area (Å²) in [4.78, 5) is 9.20. The highest BCUT2D eigenvalue weighted by Gasteiger charge is 2.17. The molecule has 0 bridgehead atoms. The van der Waals surface area contributed by atoms with Crippen molar-refractivity contribution in [1.82, 2.24) is 15.3 Å². The SMILES string of the molecule is Cc1csc(C(C)NCc2nc(C(C)(C)C)cs2)n1. The molecule has 2 aromatic rings. The highest BCUT2D eigenvalue weighted by molar-refractivity contribution is 7.10. The lowest BCUT2D eigenvalue weighted by atomic mass is 9.93. The number of nitrogens with one attached hydrogen (secondary N) is 1. The molecule has 104 valence electrons. The number of thiazole rings is 2. The maximum Gasteiger partial charge on any atom is 0.110 e. The molecule has 0 radical (unpaired) electrons. The summed E-state index contributed by atoms with van der Waals surface area (Å²) in [5.41, 5.74) is 2.40. The van der Waals surface area contributed by atoms with Crippen LogP contribution in [0.2, 0.25) is 0 Å². The molecule has 0 saturated heterocycles. The fraction of sp³-hybridized carbons (Fsp3) is 0.571. The first-order valence-electron chi connectivity index (χ1n) is 6.46. The summed E-state index contributed by atoms with van der Waals surface area (Å²) in [5.74, 6) is 0. The van der Waals surface area contributed by atoms with E-state index < -0.39 is 0 Å². The standard InChI is InChI=1S/C14H21N3S2/c1-9-7-19-13(16-9)10(2)15-6-12-17-11(8-18-12)14(3,4)5/h7-8,10,15H,6H2,1-5H3. The van der Waals surface area contributed by atoms with E-state index in [4.69, 9.17) is 4.98 Å². The summed E-state index contributed by atoms with van der Waals surface area (Å²) in [6.07, 6.45) is 0. The quantitative estimate of drug-likeness (QED) is 0.924. The Kier molecular flexibility index (Phi) is 4.38. The fourth-order valence-electron chi connectivity index (χ4n) is 1.64. The van der Waals surface area contributed by atoms with Crippen LogP contribution in [0.4, 0.5) is 0 Å². The van der Waals surface area contributed by atoms with E-state index >= 15 is 0 Å². The van der Waals surface area contributed by atoms with E-state index in [1.165, 1.54) is 5.69 Å². The van der Waals surface area contributed by atoms with Gasteiger partial charge in [0.1, 0.15) is 10.0 Å². The number of aromatic nitrogens is 2. The molecule has 3 nitrogen and oxygen atoms in total. The van der Waals surface area contributed by atoms with Gasteiger partial charge in [-0.15, -0.1) is 22.7 Å². The zero-order valence-electron chi connectivity index (χ0n) is 12.2. The second kappa shape index (κ2) is 5.69. The van der Waals surface area contributed by atoms with Crippen molar-refractivity contribution < 1.29 is 0 Å². The molecule has 0 aliphatic heterocycles. The molecule has 0 amide bonds. The lowest BCUT2D eigenvalue weighted by molar-refractivity contribution is 0.552. The molecular weight excluding hydrogens is 274 g/mol. The van der Waals surface area contributed by atoms with Gasteiger partial charge in [0.05, 0.1) is 11.7 Å². The Bertz CT molecular complexity index is 537. The van der Waals surface area contributed by atoms with Crippen molar-refractivity contribution in [2.45, 2.75) is 52.6 Å². The highest BCUT2D eigenvalue weighted by Crippen LogP contribution is 2.24. The molecule has 2 heterocycles. The summed E-state index contributed by atoms with van der Waals surface area (Å²) in [5, 5.41) is 10.0. The molecule has 5 heteroatoms. The van der Waals surface area contributed by atoms with Crippen LogP contribution < -0.4 is 5.32 Å². The third-order valence-corrected chi connectivity index (χ3v) is 4.88. The number of hydrogen-bond donors (Lipinski definition) is 1. The monoisotopic (exact) mass is 295 g/mol. The van der Waals surface area contributed by atoms with Crippen molar-refractivity contribution in [3.8, 4) is 0 Å². The minimum absolute atomic E-state index is 0.132. The van der Waals surface area contributed by atoms with Crippen LogP contribution in [-0.4, -0.2) is 9.97 Å². The van der Waals surface area contributed by atoms with Gasteiger partial charge in [-0.3, -0.25) is 0 Å². The Morgan fingerprint density at radius 1 is 1.21 bits per heavy atom. The molecule has 1 unspecified atom stereocenters. The zero-order chi connectivity index (χ0) is 14.0. The molecule has 1 atom stereocenters. The summed E-state index contributed by atoms with van der Waals surface area (Å²) in [7, 11) is 0. The van der Waals surface area contributed by atoms with Gasteiger partial charge in [-0.05, 0) is 13.8 Å². The van der Waals surface area contributed by atoms with Gasteiger partial charge in [0, 0.05) is 28.4 Å². The van der Waals surface area contributed by atoms with Crippen molar-refractivity contribution >= 4 is 22.7 Å². The van der Waals surface area contributed by atoms with Crippen LogP contribution in [0.25, 0.3) is 0 Å². The Labute approximate surface area is 123 Å².